The summed E-state index contributed by atoms with van der Waals surface area (Å²) in [5.41, 5.74) is 0. The lowest BCUT2D eigenvalue weighted by atomic mass is 9.97. The number of thiophene rings is 1. The fourth-order valence-corrected chi connectivity index (χ4v) is 6.39. The van der Waals surface area contributed by atoms with E-state index in [-0.39, 0.29) is 17.9 Å². The van der Waals surface area contributed by atoms with Crippen LogP contribution in [-0.4, -0.2) is 49.7 Å². The van der Waals surface area contributed by atoms with Crippen molar-refractivity contribution in [2.75, 3.05) is 20.1 Å². The van der Waals surface area contributed by atoms with E-state index in [1.165, 1.54) is 28.5 Å². The molecule has 1 saturated carbocycles. The molecule has 0 N–H and O–H groups in total. The number of piperidine rings is 1. The molecule has 3 rings (SSSR count). The third kappa shape index (κ3) is 3.53. The van der Waals surface area contributed by atoms with Gasteiger partial charge in [0, 0.05) is 31.1 Å². The Morgan fingerprint density at radius 3 is 2.62 bits per heavy atom. The van der Waals surface area contributed by atoms with E-state index in [1.54, 1.807) is 6.07 Å². The summed E-state index contributed by atoms with van der Waals surface area (Å²) < 4.78 is 27.5. The fourth-order valence-electron chi connectivity index (χ4n) is 3.42. The van der Waals surface area contributed by atoms with Gasteiger partial charge < -0.3 is 4.90 Å². The van der Waals surface area contributed by atoms with Crippen molar-refractivity contribution in [3.8, 4) is 0 Å². The lowest BCUT2D eigenvalue weighted by Crippen LogP contribution is -2.48. The second-order valence-electron chi connectivity index (χ2n) is 7.09. The van der Waals surface area contributed by atoms with E-state index in [1.807, 2.05) is 24.9 Å². The molecule has 24 heavy (non-hydrogen) atoms. The molecule has 1 saturated heterocycles. The van der Waals surface area contributed by atoms with Gasteiger partial charge >= 0.3 is 0 Å². The van der Waals surface area contributed by atoms with E-state index < -0.39 is 10.0 Å². The Hall–Kier alpha value is -0.920. The summed E-state index contributed by atoms with van der Waals surface area (Å²) in [6.45, 7) is 4.81. The molecule has 0 bridgehead atoms. The van der Waals surface area contributed by atoms with E-state index in [0.29, 0.717) is 23.2 Å². The van der Waals surface area contributed by atoms with Crippen molar-refractivity contribution in [1.29, 1.82) is 0 Å². The molecule has 0 spiro atoms. The zero-order chi connectivity index (χ0) is 17.5. The Balaban J connectivity index is 1.70. The third-order valence-corrected chi connectivity index (χ3v) is 8.64. The highest BCUT2D eigenvalue weighted by Crippen LogP contribution is 2.36. The first-order valence-electron chi connectivity index (χ1n) is 8.64. The largest absolute Gasteiger partial charge is 0.342 e. The lowest BCUT2D eigenvalue weighted by molar-refractivity contribution is -0.137. The molecule has 0 radical (unpaired) electrons. The number of rotatable bonds is 5. The smallest absolute Gasteiger partial charge is 0.252 e. The van der Waals surface area contributed by atoms with E-state index in [2.05, 4.69) is 6.92 Å². The van der Waals surface area contributed by atoms with Crippen LogP contribution in [-0.2, 0) is 14.8 Å². The summed E-state index contributed by atoms with van der Waals surface area (Å²) in [7, 11) is -1.61. The zero-order valence-electron chi connectivity index (χ0n) is 14.6. The maximum atomic E-state index is 12.8. The van der Waals surface area contributed by atoms with Crippen LogP contribution < -0.4 is 0 Å². The normalized spacial score (nSPS) is 23.9. The molecule has 7 heteroatoms. The first-order valence-corrected chi connectivity index (χ1v) is 10.9. The van der Waals surface area contributed by atoms with Gasteiger partial charge in [-0.2, -0.15) is 4.31 Å². The van der Waals surface area contributed by atoms with E-state index in [4.69, 9.17) is 0 Å². The molecule has 2 aliphatic rings. The Morgan fingerprint density at radius 1 is 1.33 bits per heavy atom. The molecule has 1 aliphatic heterocycles. The molecule has 2 fully saturated rings. The van der Waals surface area contributed by atoms with Crippen LogP contribution in [0.3, 0.4) is 0 Å². The highest BCUT2D eigenvalue weighted by molar-refractivity contribution is 7.91. The van der Waals surface area contributed by atoms with Crippen molar-refractivity contribution in [2.24, 2.45) is 11.8 Å². The maximum absolute atomic E-state index is 12.8. The molecule has 1 aliphatic carbocycles. The number of aryl methyl sites for hydroxylation is 1. The van der Waals surface area contributed by atoms with Crippen LogP contribution in [0.4, 0.5) is 0 Å². The zero-order valence-corrected chi connectivity index (χ0v) is 16.2. The van der Waals surface area contributed by atoms with E-state index >= 15 is 0 Å². The average Bonchev–Trinajstić information content (AvgIpc) is 3.33. The second kappa shape index (κ2) is 6.77. The van der Waals surface area contributed by atoms with Gasteiger partial charge in [-0.25, -0.2) is 8.42 Å². The summed E-state index contributed by atoms with van der Waals surface area (Å²) in [4.78, 5) is 15.6. The van der Waals surface area contributed by atoms with Crippen molar-refractivity contribution in [2.45, 2.75) is 49.8 Å². The Bertz CT molecular complexity index is 709. The molecule has 2 unspecified atom stereocenters. The summed E-state index contributed by atoms with van der Waals surface area (Å²) >= 11 is 1.30. The number of sulfonamides is 1. The van der Waals surface area contributed by atoms with Gasteiger partial charge in [0.1, 0.15) is 4.21 Å². The van der Waals surface area contributed by atoms with Gasteiger partial charge in [-0.15, -0.1) is 11.3 Å². The summed E-state index contributed by atoms with van der Waals surface area (Å²) in [5.74, 6) is 0.494. The highest BCUT2D eigenvalue weighted by Gasteiger charge is 2.38. The number of nitrogens with zero attached hydrogens (tertiary/aromatic N) is 2. The SMILES string of the molecule is Cc1ccc(S(=O)(=O)N2CCCC(C(=O)N(C)C(C)C3CC3)C2)s1. The summed E-state index contributed by atoms with van der Waals surface area (Å²) in [6, 6.07) is 3.75. The first-order chi connectivity index (χ1) is 11.3. The van der Waals surface area contributed by atoms with Crippen LogP contribution in [0.2, 0.25) is 0 Å². The second-order valence-corrected chi connectivity index (χ2v) is 10.5. The maximum Gasteiger partial charge on any atom is 0.252 e. The van der Waals surface area contributed by atoms with Crippen molar-refractivity contribution >= 4 is 27.3 Å². The van der Waals surface area contributed by atoms with Crippen molar-refractivity contribution in [1.82, 2.24) is 9.21 Å². The lowest BCUT2D eigenvalue weighted by Gasteiger charge is -2.35. The summed E-state index contributed by atoms with van der Waals surface area (Å²) in [6.07, 6.45) is 3.91. The fraction of sp³-hybridized carbons (Fsp3) is 0.706. The van der Waals surface area contributed by atoms with Crippen molar-refractivity contribution in [3.05, 3.63) is 17.0 Å². The topological polar surface area (TPSA) is 57.7 Å². The van der Waals surface area contributed by atoms with Crippen LogP contribution in [0.25, 0.3) is 0 Å². The quantitative estimate of drug-likeness (QED) is 0.801. The average molecular weight is 371 g/mol. The van der Waals surface area contributed by atoms with Crippen LogP contribution in [0.5, 0.6) is 0 Å². The highest BCUT2D eigenvalue weighted by atomic mass is 32.2. The number of carbonyl (C=O) groups is 1. The van der Waals surface area contributed by atoms with Gasteiger partial charge in [0.05, 0.1) is 5.92 Å². The van der Waals surface area contributed by atoms with E-state index in [0.717, 1.165) is 17.7 Å². The van der Waals surface area contributed by atoms with Gasteiger partial charge in [0.2, 0.25) is 5.91 Å². The molecule has 0 aromatic carbocycles. The molecular formula is C17H26N2O3S2. The Kier molecular flexibility index (Phi) is 5.04. The minimum absolute atomic E-state index is 0.0941. The predicted octanol–water partition coefficient (Wildman–Crippen LogP) is 2.71. The third-order valence-electron chi connectivity index (χ3n) is 5.31. The van der Waals surface area contributed by atoms with Crippen LogP contribution >= 0.6 is 11.3 Å². The number of hydrogen-bond acceptors (Lipinski definition) is 4. The van der Waals surface area contributed by atoms with Gasteiger partial charge in [-0.1, -0.05) is 0 Å². The first kappa shape index (κ1) is 17.9. The monoisotopic (exact) mass is 370 g/mol. The number of carbonyl (C=O) groups excluding carboxylic acids is 1. The molecule has 1 aromatic rings. The van der Waals surface area contributed by atoms with E-state index in [9.17, 15) is 13.2 Å². The molecule has 1 amide bonds. The predicted molar refractivity (Wildman–Crippen MR) is 95.5 cm³/mol. The molecule has 5 nitrogen and oxygen atoms in total. The Labute approximate surface area is 148 Å². The van der Waals surface area contributed by atoms with Gasteiger partial charge in [-0.3, -0.25) is 4.79 Å². The van der Waals surface area contributed by atoms with Crippen LogP contribution in [0.15, 0.2) is 16.3 Å². The van der Waals surface area contributed by atoms with Gasteiger partial charge in [0.25, 0.3) is 10.0 Å². The summed E-state index contributed by atoms with van der Waals surface area (Å²) in [5, 5.41) is 0. The molecule has 2 atom stereocenters. The molecular weight excluding hydrogens is 344 g/mol. The van der Waals surface area contributed by atoms with Gasteiger partial charge in [0.15, 0.2) is 0 Å². The standard InChI is InChI=1S/C17H26N2O3S2/c1-12-6-9-16(23-12)24(21,22)19-10-4-5-15(11-19)17(20)18(3)13(2)14-7-8-14/h6,9,13-15H,4-5,7-8,10-11H2,1-3H3. The van der Waals surface area contributed by atoms with Crippen molar-refractivity contribution in [3.63, 3.8) is 0 Å². The van der Waals surface area contributed by atoms with Gasteiger partial charge in [-0.05, 0) is 57.6 Å². The molecule has 2 heterocycles. The minimum atomic E-state index is -3.48. The number of amides is 1. The van der Waals surface area contributed by atoms with Crippen LogP contribution in [0.1, 0.15) is 37.5 Å². The van der Waals surface area contributed by atoms with Crippen molar-refractivity contribution < 1.29 is 13.2 Å². The number of hydrogen-bond donors (Lipinski definition) is 0. The Morgan fingerprint density at radius 2 is 2.04 bits per heavy atom. The molecule has 1 aromatic heterocycles. The van der Waals surface area contributed by atoms with Crippen LogP contribution in [0, 0.1) is 18.8 Å². The minimum Gasteiger partial charge on any atom is -0.342 e. The molecule has 134 valence electrons.